The van der Waals surface area contributed by atoms with Gasteiger partial charge in [-0.15, -0.1) is 0 Å². The fraction of sp³-hybridized carbons (Fsp3) is 1.00. The minimum atomic E-state index is -6.42. The molecular weight excluding hydrogens is 403 g/mol. The van der Waals surface area contributed by atoms with Crippen LogP contribution in [0, 0.1) is 0 Å². The molecule has 0 saturated carbocycles. The first-order valence-electron chi connectivity index (χ1n) is 1.91. The first kappa shape index (κ1) is 15.0. The predicted octanol–water partition coefficient (Wildman–Crippen LogP) is 0.649. The number of hydrogen-bond acceptors (Lipinski definition) is 2. The number of alkyl halides is 5. The smallest absolute Gasteiger partial charge is 0.281 e. The summed E-state index contributed by atoms with van der Waals surface area (Å²) in [5, 5.41) is -6.10. The number of halogens is 5. The molecule has 12 heavy (non-hydrogen) atoms. The Morgan fingerprint density at radius 1 is 1.00 bits per heavy atom. The molecule has 10 heteroatoms. The molecule has 1 radical (unpaired) electrons. The van der Waals surface area contributed by atoms with E-state index in [1.807, 2.05) is 0 Å². The van der Waals surface area contributed by atoms with Crippen molar-refractivity contribution in [2.75, 3.05) is 0 Å². The van der Waals surface area contributed by atoms with Gasteiger partial charge in [-0.25, -0.2) is 0 Å². The van der Waals surface area contributed by atoms with Crippen molar-refractivity contribution in [2.45, 2.75) is 11.4 Å². The summed E-state index contributed by atoms with van der Waals surface area (Å²) in [6.07, 6.45) is -6.29. The first-order chi connectivity index (χ1) is 4.50. The van der Waals surface area contributed by atoms with Gasteiger partial charge in [0, 0.05) is 27.3 Å². The van der Waals surface area contributed by atoms with Crippen LogP contribution < -0.4 is 0 Å². The van der Waals surface area contributed by atoms with Crippen LogP contribution in [0.4, 0.5) is 22.0 Å². The second-order valence-electron chi connectivity index (χ2n) is 1.49. The Hall–Kier alpha value is 0.482. The Morgan fingerprint density at radius 3 is 1.25 bits per heavy atom. The molecule has 0 aromatic rings. The van der Waals surface area contributed by atoms with Gasteiger partial charge in [-0.3, -0.25) is 4.55 Å². The molecule has 0 spiro atoms. The molecule has 0 rings (SSSR count). The third kappa shape index (κ3) is 2.76. The zero-order chi connectivity index (χ0) is 9.50. The van der Waals surface area contributed by atoms with Crippen LogP contribution in [-0.2, 0) is 10.1 Å². The van der Waals surface area contributed by atoms with Crippen molar-refractivity contribution in [3.8, 4) is 0 Å². The predicted molar refractivity (Wildman–Crippen MR) is 28.3 cm³/mol. The Bertz CT molecular complexity index is 242. The summed E-state index contributed by atoms with van der Waals surface area (Å²) in [5.41, 5.74) is 0. The van der Waals surface area contributed by atoms with Crippen LogP contribution in [0.15, 0.2) is 0 Å². The molecule has 0 atom stereocenters. The molecule has 0 amide bonds. The molecule has 0 bridgehead atoms. The molecule has 0 fully saturated rings. The van der Waals surface area contributed by atoms with E-state index in [1.165, 1.54) is 0 Å². The minimum absolute atomic E-state index is 0. The van der Waals surface area contributed by atoms with E-state index in [9.17, 15) is 30.4 Å². The topological polar surface area (TPSA) is 54.4 Å². The van der Waals surface area contributed by atoms with Crippen molar-refractivity contribution in [2.24, 2.45) is 0 Å². The van der Waals surface area contributed by atoms with Crippen LogP contribution in [0.25, 0.3) is 0 Å². The third-order valence-corrected chi connectivity index (χ3v) is 1.53. The minimum Gasteiger partial charge on any atom is -0.281 e. The van der Waals surface area contributed by atoms with Gasteiger partial charge in [0.05, 0.1) is 0 Å². The van der Waals surface area contributed by atoms with E-state index in [2.05, 4.69) is 0 Å². The molecule has 0 heterocycles. The summed E-state index contributed by atoms with van der Waals surface area (Å²) in [7, 11) is -6.42. The van der Waals surface area contributed by atoms with Gasteiger partial charge < -0.3 is 0 Å². The molecule has 0 aliphatic rings. The summed E-state index contributed by atoms with van der Waals surface area (Å²) >= 11 is 0. The van der Waals surface area contributed by atoms with Crippen molar-refractivity contribution in [1.82, 2.24) is 0 Å². The first-order valence-corrected chi connectivity index (χ1v) is 3.36. The van der Waals surface area contributed by atoms with Gasteiger partial charge in [0.1, 0.15) is 0 Å². The van der Waals surface area contributed by atoms with E-state index < -0.39 is 21.5 Å². The quantitative estimate of drug-likeness (QED) is 0.397. The Labute approximate surface area is 83.8 Å². The van der Waals surface area contributed by atoms with Crippen molar-refractivity contribution < 1.29 is 34.9 Å². The van der Waals surface area contributed by atoms with Crippen molar-refractivity contribution in [3.05, 3.63) is 0 Å². The van der Waals surface area contributed by atoms with E-state index in [1.54, 1.807) is 0 Å². The van der Waals surface area contributed by atoms with E-state index in [4.69, 9.17) is 4.55 Å². The average Bonchev–Trinajstić information content (AvgIpc) is 1.58. The molecule has 0 aromatic carbocycles. The molecule has 0 aliphatic carbocycles. The van der Waals surface area contributed by atoms with Gasteiger partial charge in [0.15, 0.2) is 0 Å². The SMILES string of the molecule is O=S(=O)(O)C(F)(F)C(F)(F)F.[Tl]. The number of hydrogen-bond donors (Lipinski definition) is 1. The van der Waals surface area contributed by atoms with Crippen molar-refractivity contribution >= 4 is 37.4 Å². The van der Waals surface area contributed by atoms with E-state index in [-0.39, 0.29) is 27.3 Å². The van der Waals surface area contributed by atoms with Crippen LogP contribution >= 0.6 is 0 Å². The monoisotopic (exact) mass is 405 g/mol. The molecule has 1 N–H and O–H groups in total. The zero-order valence-corrected chi connectivity index (χ0v) is 10.4. The van der Waals surface area contributed by atoms with Crippen LogP contribution in [0.3, 0.4) is 0 Å². The fourth-order valence-corrected chi connectivity index (χ4v) is 0.439. The zero-order valence-electron chi connectivity index (χ0n) is 5.14. The average molecular weight is 404 g/mol. The van der Waals surface area contributed by atoms with Crippen molar-refractivity contribution in [1.29, 1.82) is 0 Å². The summed E-state index contributed by atoms with van der Waals surface area (Å²) in [5.74, 6) is 0. The largest absolute Gasteiger partial charge is 0.472 e. The molecule has 71 valence electrons. The molecule has 0 aliphatic heterocycles. The van der Waals surface area contributed by atoms with E-state index in [0.29, 0.717) is 0 Å². The molecule has 0 saturated heterocycles. The van der Waals surface area contributed by atoms with Crippen LogP contribution in [0.2, 0.25) is 0 Å². The van der Waals surface area contributed by atoms with Gasteiger partial charge in [-0.05, 0) is 0 Å². The summed E-state index contributed by atoms with van der Waals surface area (Å²) in [4.78, 5) is 0. The van der Waals surface area contributed by atoms with Gasteiger partial charge in [0.2, 0.25) is 0 Å². The van der Waals surface area contributed by atoms with E-state index in [0.717, 1.165) is 0 Å². The van der Waals surface area contributed by atoms with Gasteiger partial charge >= 0.3 is 21.5 Å². The third-order valence-electron chi connectivity index (χ3n) is 0.654. The molecular formula is C2HF5O3STl. The van der Waals surface area contributed by atoms with Gasteiger partial charge in [-0.1, -0.05) is 0 Å². The van der Waals surface area contributed by atoms with E-state index >= 15 is 0 Å². The second kappa shape index (κ2) is 3.69. The summed E-state index contributed by atoms with van der Waals surface area (Å²) < 4.78 is 82.2. The molecule has 0 unspecified atom stereocenters. The van der Waals surface area contributed by atoms with Crippen LogP contribution in [0.1, 0.15) is 0 Å². The summed E-state index contributed by atoms with van der Waals surface area (Å²) in [6.45, 7) is 0. The molecule has 3 nitrogen and oxygen atoms in total. The Morgan fingerprint density at radius 2 is 1.25 bits per heavy atom. The fourth-order valence-electron chi connectivity index (χ4n) is 0.146. The normalized spacial score (nSPS) is 13.8. The maximum atomic E-state index is 11.5. The summed E-state index contributed by atoms with van der Waals surface area (Å²) in [6, 6.07) is 0. The second-order valence-corrected chi connectivity index (χ2v) is 2.95. The Balaban J connectivity index is 0. The van der Waals surface area contributed by atoms with Crippen LogP contribution in [0.5, 0.6) is 0 Å². The van der Waals surface area contributed by atoms with Gasteiger partial charge in [0.25, 0.3) is 0 Å². The maximum absolute atomic E-state index is 11.5. The number of rotatable bonds is 1. The Kier molecular flexibility index (Phi) is 4.61. The standard InChI is InChI=1S/C2HF5O3S.Tl/c3-1(4,5)2(6,7)11(8,9)10;/h(H,8,9,10);. The van der Waals surface area contributed by atoms with Crippen molar-refractivity contribution in [3.63, 3.8) is 0 Å². The molecule has 0 aromatic heterocycles. The van der Waals surface area contributed by atoms with Crippen LogP contribution in [-0.4, -0.2) is 51.7 Å². The van der Waals surface area contributed by atoms with Gasteiger partial charge in [-0.2, -0.15) is 30.4 Å². The maximum Gasteiger partial charge on any atom is 0.472 e.